The number of esters is 1. The van der Waals surface area contributed by atoms with E-state index in [-0.39, 0.29) is 43.5 Å². The van der Waals surface area contributed by atoms with Gasteiger partial charge in [-0.1, -0.05) is 84.0 Å². The molecule has 0 saturated carbocycles. The van der Waals surface area contributed by atoms with Gasteiger partial charge in [-0.25, -0.2) is 9.18 Å². The second kappa shape index (κ2) is 14.4. The van der Waals surface area contributed by atoms with Gasteiger partial charge in [-0.3, -0.25) is 14.3 Å². The summed E-state index contributed by atoms with van der Waals surface area (Å²) in [4.78, 5) is 32.5. The molecule has 0 radical (unpaired) electrons. The Balaban J connectivity index is 1.65. The van der Waals surface area contributed by atoms with Crippen LogP contribution >= 0.6 is 0 Å². The predicted molar refractivity (Wildman–Crippen MR) is 183 cm³/mol. The molecule has 1 atom stereocenters. The van der Waals surface area contributed by atoms with E-state index in [2.05, 4.69) is 41.5 Å². The van der Waals surface area contributed by atoms with E-state index in [0.29, 0.717) is 39.8 Å². The summed E-state index contributed by atoms with van der Waals surface area (Å²) in [5.41, 5.74) is 3.58. The number of nitrogens with zero attached hydrogens (tertiary/aromatic N) is 2. The Morgan fingerprint density at radius 2 is 1.66 bits per heavy atom. The van der Waals surface area contributed by atoms with Crippen molar-refractivity contribution in [3.63, 3.8) is 0 Å². The van der Waals surface area contributed by atoms with E-state index < -0.39 is 25.9 Å². The van der Waals surface area contributed by atoms with Crippen LogP contribution < -0.4 is 15.0 Å². The maximum atomic E-state index is 14.4. The fourth-order valence-electron chi connectivity index (χ4n) is 7.13. The number of ether oxygens (including phenoxy) is 3. The standard InChI is InChI=1S/C37H45FN2O6Si/c1-8-43-37(42)31-35(44-21-27-12-10-9-11-13-27)32-33-34(28(19-39-32)18-26-14-16-29(38)17-15-26)46-30(20-40(33)36(31)41)22-45-47(23(2)3,24(4)5)25(6)7/h9-17,19,23-25,30H,8,18,20-22H2,1-7H3. The Bertz CT molecular complexity index is 1750. The van der Waals surface area contributed by atoms with E-state index in [1.807, 2.05) is 30.3 Å². The summed E-state index contributed by atoms with van der Waals surface area (Å²) in [6, 6.07) is 15.8. The lowest BCUT2D eigenvalue weighted by Crippen LogP contribution is -2.50. The van der Waals surface area contributed by atoms with Crippen molar-refractivity contribution in [2.75, 3.05) is 13.2 Å². The van der Waals surface area contributed by atoms with Crippen LogP contribution in [0.2, 0.25) is 16.6 Å². The van der Waals surface area contributed by atoms with Gasteiger partial charge >= 0.3 is 5.97 Å². The van der Waals surface area contributed by atoms with Gasteiger partial charge in [0.15, 0.2) is 17.1 Å². The molecule has 0 spiro atoms. The highest BCUT2D eigenvalue weighted by Gasteiger charge is 2.46. The molecule has 10 heteroatoms. The number of hydrogen-bond acceptors (Lipinski definition) is 7. The molecule has 1 aliphatic rings. The van der Waals surface area contributed by atoms with Gasteiger partial charge in [-0.15, -0.1) is 0 Å². The average Bonchev–Trinajstić information content (AvgIpc) is 3.04. The van der Waals surface area contributed by atoms with E-state index >= 15 is 0 Å². The van der Waals surface area contributed by atoms with E-state index in [1.54, 1.807) is 29.8 Å². The van der Waals surface area contributed by atoms with Crippen molar-refractivity contribution in [1.82, 2.24) is 9.55 Å². The van der Waals surface area contributed by atoms with Crippen LogP contribution in [0.4, 0.5) is 4.39 Å². The molecule has 8 nitrogen and oxygen atoms in total. The molecule has 250 valence electrons. The molecular formula is C37H45FN2O6Si. The number of carbonyl (C=O) groups excluding carboxylic acids is 1. The highest BCUT2D eigenvalue weighted by Crippen LogP contribution is 2.43. The average molecular weight is 661 g/mol. The lowest BCUT2D eigenvalue weighted by atomic mass is 10.0. The number of aromatic nitrogens is 2. The van der Waals surface area contributed by atoms with E-state index in [4.69, 9.17) is 23.6 Å². The Morgan fingerprint density at radius 1 is 1.00 bits per heavy atom. The van der Waals surface area contributed by atoms with Gasteiger partial charge in [0.25, 0.3) is 5.56 Å². The number of carbonyl (C=O) groups is 1. The Labute approximate surface area is 277 Å². The number of halogens is 1. The molecule has 2 aromatic heterocycles. The SMILES string of the molecule is CCOC(=O)c1c(OCc2ccccc2)c2ncc(Cc3ccc(F)cc3)c3c2n(c1=O)CC(CO[Si](C(C)C)(C(C)C)C(C)C)O3. The lowest BCUT2D eigenvalue weighted by Gasteiger charge is -2.43. The lowest BCUT2D eigenvalue weighted by molar-refractivity contribution is 0.0516. The molecule has 0 bridgehead atoms. The van der Waals surface area contributed by atoms with Gasteiger partial charge in [0.2, 0.25) is 8.32 Å². The topological polar surface area (TPSA) is 88.9 Å². The summed E-state index contributed by atoms with van der Waals surface area (Å²) >= 11 is 0. The highest BCUT2D eigenvalue weighted by molar-refractivity contribution is 6.77. The zero-order valence-electron chi connectivity index (χ0n) is 28.3. The molecule has 5 rings (SSSR count). The summed E-state index contributed by atoms with van der Waals surface area (Å²) < 4.78 is 40.6. The maximum absolute atomic E-state index is 14.4. The monoisotopic (exact) mass is 660 g/mol. The van der Waals surface area contributed by atoms with Gasteiger partial charge in [-0.2, -0.15) is 0 Å². The Kier molecular flexibility index (Phi) is 10.5. The molecule has 4 aromatic rings. The van der Waals surface area contributed by atoms with Crippen LogP contribution in [0.1, 0.15) is 75.5 Å². The first-order valence-electron chi connectivity index (χ1n) is 16.4. The van der Waals surface area contributed by atoms with E-state index in [0.717, 1.165) is 16.7 Å². The number of hydrogen-bond donors (Lipinski definition) is 0. The molecule has 0 amide bonds. The third-order valence-corrected chi connectivity index (χ3v) is 15.2. The summed E-state index contributed by atoms with van der Waals surface area (Å²) in [7, 11) is -2.26. The molecule has 0 aliphatic carbocycles. The van der Waals surface area contributed by atoms with Gasteiger partial charge in [-0.05, 0) is 46.8 Å². The van der Waals surface area contributed by atoms with Gasteiger partial charge < -0.3 is 18.6 Å². The maximum Gasteiger partial charge on any atom is 0.347 e. The fourth-order valence-corrected chi connectivity index (χ4v) is 12.6. The third kappa shape index (κ3) is 6.85. The molecule has 0 saturated heterocycles. The molecule has 1 aliphatic heterocycles. The minimum Gasteiger partial charge on any atom is -0.485 e. The smallest absolute Gasteiger partial charge is 0.347 e. The predicted octanol–water partition coefficient (Wildman–Crippen LogP) is 7.84. The number of benzene rings is 2. The van der Waals surface area contributed by atoms with Crippen LogP contribution in [-0.4, -0.2) is 43.2 Å². The van der Waals surface area contributed by atoms with Crippen molar-refractivity contribution in [1.29, 1.82) is 0 Å². The van der Waals surface area contributed by atoms with E-state index in [1.165, 1.54) is 12.1 Å². The van der Waals surface area contributed by atoms with Crippen molar-refractivity contribution >= 4 is 25.3 Å². The van der Waals surface area contributed by atoms with Gasteiger partial charge in [0, 0.05) is 18.2 Å². The van der Waals surface area contributed by atoms with Crippen LogP contribution in [-0.2, 0) is 28.7 Å². The quantitative estimate of drug-likeness (QED) is 0.107. The van der Waals surface area contributed by atoms with Crippen molar-refractivity contribution < 1.29 is 27.8 Å². The Morgan fingerprint density at radius 3 is 2.28 bits per heavy atom. The van der Waals surface area contributed by atoms with E-state index in [9.17, 15) is 14.0 Å². The molecule has 1 unspecified atom stereocenters. The molecule has 3 heterocycles. The van der Waals surface area contributed by atoms with Crippen molar-refractivity contribution in [3.05, 3.63) is 99.2 Å². The van der Waals surface area contributed by atoms with Crippen LogP contribution in [0.15, 0.2) is 65.6 Å². The zero-order valence-corrected chi connectivity index (χ0v) is 29.3. The minimum absolute atomic E-state index is 0.0577. The van der Waals surface area contributed by atoms with Gasteiger partial charge in [0.05, 0.1) is 19.8 Å². The highest BCUT2D eigenvalue weighted by atomic mass is 28.4. The normalized spacial score (nSPS) is 14.6. The summed E-state index contributed by atoms with van der Waals surface area (Å²) in [6.07, 6.45) is 1.56. The van der Waals surface area contributed by atoms with Crippen LogP contribution in [0.5, 0.6) is 11.5 Å². The van der Waals surface area contributed by atoms with Crippen molar-refractivity contribution in [2.45, 2.75) is 90.8 Å². The summed E-state index contributed by atoms with van der Waals surface area (Å²) in [5, 5.41) is 0. The molecule has 0 N–H and O–H groups in total. The molecule has 0 fully saturated rings. The first-order valence-corrected chi connectivity index (χ1v) is 18.6. The molecule has 2 aromatic carbocycles. The van der Waals surface area contributed by atoms with Crippen LogP contribution in [0, 0.1) is 5.82 Å². The largest absolute Gasteiger partial charge is 0.485 e. The second-order valence-corrected chi connectivity index (χ2v) is 18.6. The van der Waals surface area contributed by atoms with Gasteiger partial charge in [0.1, 0.15) is 29.6 Å². The second-order valence-electron chi connectivity index (χ2n) is 13.1. The molecule has 47 heavy (non-hydrogen) atoms. The Hall–Kier alpha value is -4.02. The minimum atomic E-state index is -2.26. The van der Waals surface area contributed by atoms with Crippen LogP contribution in [0.3, 0.4) is 0 Å². The zero-order chi connectivity index (χ0) is 33.9. The van der Waals surface area contributed by atoms with Crippen molar-refractivity contribution in [3.8, 4) is 11.5 Å². The molecular weight excluding hydrogens is 615 g/mol. The first kappa shape index (κ1) is 34.3. The van der Waals surface area contributed by atoms with Crippen molar-refractivity contribution in [2.24, 2.45) is 0 Å². The summed E-state index contributed by atoms with van der Waals surface area (Å²) in [6.45, 7) is 15.7. The third-order valence-electron chi connectivity index (χ3n) is 9.16. The number of rotatable bonds is 13. The first-order chi connectivity index (χ1) is 22.5. The fraction of sp³-hybridized carbons (Fsp3) is 0.432. The van der Waals surface area contributed by atoms with Crippen LogP contribution in [0.25, 0.3) is 11.0 Å². The number of pyridine rings is 2. The summed E-state index contributed by atoms with van der Waals surface area (Å²) in [5.74, 6) is -0.562.